The van der Waals surface area contributed by atoms with Crippen LogP contribution in [0.1, 0.15) is 11.1 Å². The van der Waals surface area contributed by atoms with Gasteiger partial charge in [-0.15, -0.1) is 0 Å². The lowest BCUT2D eigenvalue weighted by atomic mass is 10.0. The molecule has 0 aromatic heterocycles. The van der Waals surface area contributed by atoms with E-state index in [0.717, 1.165) is 12.1 Å². The number of hydrogen-bond donors (Lipinski definition) is 1. The largest absolute Gasteiger partial charge is 0.497 e. The molecule has 2 rings (SSSR count). The van der Waals surface area contributed by atoms with E-state index < -0.39 is 17.7 Å². The third-order valence-corrected chi connectivity index (χ3v) is 3.11. The van der Waals surface area contributed by atoms with Crippen LogP contribution in [0.3, 0.4) is 0 Å². The van der Waals surface area contributed by atoms with Crippen LogP contribution in [0.15, 0.2) is 42.5 Å². The number of aliphatic carboxylic acids is 1. The summed E-state index contributed by atoms with van der Waals surface area (Å²) in [5.41, 5.74) is 0.693. The molecule has 0 aliphatic rings. The zero-order valence-corrected chi connectivity index (χ0v) is 11.6. The van der Waals surface area contributed by atoms with Gasteiger partial charge in [0.15, 0.2) is 0 Å². The molecule has 1 N–H and O–H groups in total. The summed E-state index contributed by atoms with van der Waals surface area (Å²) in [5, 5.41) is 8.71. The van der Waals surface area contributed by atoms with E-state index in [4.69, 9.17) is 9.84 Å². The fourth-order valence-electron chi connectivity index (χ4n) is 2.04. The number of carboxylic acids is 1. The average Bonchev–Trinajstić information content (AvgIpc) is 2.46. The molecule has 116 valence electrons. The SMILES string of the molecule is COc1cc(-c2ccc(CC(=O)O)cc2)cc(C(F)(F)F)c1. The van der Waals surface area contributed by atoms with Crippen LogP contribution in [0.2, 0.25) is 0 Å². The molecule has 0 saturated carbocycles. The van der Waals surface area contributed by atoms with Gasteiger partial charge < -0.3 is 9.84 Å². The first-order valence-corrected chi connectivity index (χ1v) is 6.37. The number of rotatable bonds is 4. The highest BCUT2D eigenvalue weighted by molar-refractivity contribution is 5.71. The van der Waals surface area contributed by atoms with Crippen molar-refractivity contribution >= 4 is 5.97 Å². The zero-order valence-electron chi connectivity index (χ0n) is 11.6. The molecule has 22 heavy (non-hydrogen) atoms. The molecule has 6 heteroatoms. The number of carbonyl (C=O) groups is 1. The third kappa shape index (κ3) is 3.78. The lowest BCUT2D eigenvalue weighted by Crippen LogP contribution is -2.05. The van der Waals surface area contributed by atoms with Gasteiger partial charge in [-0.2, -0.15) is 13.2 Å². The van der Waals surface area contributed by atoms with Crippen molar-refractivity contribution in [2.45, 2.75) is 12.6 Å². The fraction of sp³-hybridized carbons (Fsp3) is 0.188. The standard InChI is InChI=1S/C16H13F3O3/c1-22-14-8-12(7-13(9-14)16(17,18)19)11-4-2-10(3-5-11)6-15(20)21/h2-5,7-9H,6H2,1H3,(H,20,21). The van der Waals surface area contributed by atoms with E-state index in [-0.39, 0.29) is 12.2 Å². The maximum atomic E-state index is 12.9. The van der Waals surface area contributed by atoms with E-state index in [1.54, 1.807) is 24.3 Å². The summed E-state index contributed by atoms with van der Waals surface area (Å²) in [6, 6.07) is 9.81. The maximum Gasteiger partial charge on any atom is 0.416 e. The summed E-state index contributed by atoms with van der Waals surface area (Å²) in [7, 11) is 1.30. The van der Waals surface area contributed by atoms with Crippen LogP contribution in [0, 0.1) is 0 Å². The minimum Gasteiger partial charge on any atom is -0.497 e. The zero-order chi connectivity index (χ0) is 16.3. The van der Waals surface area contributed by atoms with Gasteiger partial charge in [-0.1, -0.05) is 24.3 Å². The molecule has 0 aliphatic heterocycles. The van der Waals surface area contributed by atoms with E-state index in [2.05, 4.69) is 0 Å². The van der Waals surface area contributed by atoms with E-state index in [1.165, 1.54) is 13.2 Å². The van der Waals surface area contributed by atoms with Gasteiger partial charge in [0.25, 0.3) is 0 Å². The number of hydrogen-bond acceptors (Lipinski definition) is 2. The quantitative estimate of drug-likeness (QED) is 0.928. The number of benzene rings is 2. The Morgan fingerprint density at radius 2 is 1.73 bits per heavy atom. The second-order valence-electron chi connectivity index (χ2n) is 4.72. The molecule has 2 aromatic rings. The van der Waals surface area contributed by atoms with Crippen molar-refractivity contribution in [2.75, 3.05) is 7.11 Å². The first-order valence-electron chi connectivity index (χ1n) is 6.37. The Morgan fingerprint density at radius 1 is 1.09 bits per heavy atom. The molecule has 0 unspecified atom stereocenters. The van der Waals surface area contributed by atoms with Crippen molar-refractivity contribution in [3.8, 4) is 16.9 Å². The van der Waals surface area contributed by atoms with Crippen LogP contribution < -0.4 is 4.74 Å². The van der Waals surface area contributed by atoms with Crippen molar-refractivity contribution in [2.24, 2.45) is 0 Å². The lowest BCUT2D eigenvalue weighted by Gasteiger charge is -2.12. The van der Waals surface area contributed by atoms with Gasteiger partial charge in [0.1, 0.15) is 5.75 Å². The van der Waals surface area contributed by atoms with Gasteiger partial charge >= 0.3 is 12.1 Å². The molecule has 3 nitrogen and oxygen atoms in total. The molecule has 0 spiro atoms. The van der Waals surface area contributed by atoms with Crippen molar-refractivity contribution in [3.63, 3.8) is 0 Å². The first kappa shape index (κ1) is 15.9. The Morgan fingerprint density at radius 3 is 2.23 bits per heavy atom. The number of methoxy groups -OCH3 is 1. The van der Waals surface area contributed by atoms with Gasteiger partial charge in [0, 0.05) is 0 Å². The smallest absolute Gasteiger partial charge is 0.416 e. The van der Waals surface area contributed by atoms with E-state index in [1.807, 2.05) is 0 Å². The topological polar surface area (TPSA) is 46.5 Å². The third-order valence-electron chi connectivity index (χ3n) is 3.11. The Labute approximate surface area is 125 Å². The van der Waals surface area contributed by atoms with Crippen LogP contribution in [-0.4, -0.2) is 18.2 Å². The molecule has 0 amide bonds. The second-order valence-corrected chi connectivity index (χ2v) is 4.72. The highest BCUT2D eigenvalue weighted by Crippen LogP contribution is 2.35. The van der Waals surface area contributed by atoms with Crippen molar-refractivity contribution in [3.05, 3.63) is 53.6 Å². The monoisotopic (exact) mass is 310 g/mol. The molecule has 0 atom stereocenters. The molecule has 2 aromatic carbocycles. The summed E-state index contributed by atoms with van der Waals surface area (Å²) in [6.45, 7) is 0. The Bertz CT molecular complexity index is 676. The van der Waals surface area contributed by atoms with Gasteiger partial charge in [0.2, 0.25) is 0 Å². The Balaban J connectivity index is 2.41. The van der Waals surface area contributed by atoms with E-state index in [0.29, 0.717) is 16.7 Å². The van der Waals surface area contributed by atoms with Crippen LogP contribution in [-0.2, 0) is 17.4 Å². The predicted molar refractivity (Wildman–Crippen MR) is 74.8 cm³/mol. The molecule has 0 aliphatic carbocycles. The number of alkyl halides is 3. The highest BCUT2D eigenvalue weighted by atomic mass is 19.4. The van der Waals surface area contributed by atoms with Gasteiger partial charge in [-0.05, 0) is 34.9 Å². The average molecular weight is 310 g/mol. The summed E-state index contributed by atoms with van der Waals surface area (Å²) in [5.74, 6) is -0.854. The molecule has 0 bridgehead atoms. The highest BCUT2D eigenvalue weighted by Gasteiger charge is 2.31. The maximum absolute atomic E-state index is 12.9. The molecular formula is C16H13F3O3. The summed E-state index contributed by atoms with van der Waals surface area (Å²) in [4.78, 5) is 10.6. The minimum atomic E-state index is -4.47. The number of halogens is 3. The summed E-state index contributed by atoms with van der Waals surface area (Å²) in [6.07, 6.45) is -4.60. The van der Waals surface area contributed by atoms with E-state index >= 15 is 0 Å². The van der Waals surface area contributed by atoms with Crippen LogP contribution >= 0.6 is 0 Å². The molecule has 0 fully saturated rings. The lowest BCUT2D eigenvalue weighted by molar-refractivity contribution is -0.138. The minimum absolute atomic E-state index is 0.111. The molecular weight excluding hydrogens is 297 g/mol. The summed E-state index contributed by atoms with van der Waals surface area (Å²) < 4.78 is 43.6. The van der Waals surface area contributed by atoms with Crippen LogP contribution in [0.5, 0.6) is 5.75 Å². The van der Waals surface area contributed by atoms with Crippen LogP contribution in [0.4, 0.5) is 13.2 Å². The predicted octanol–water partition coefficient (Wildman–Crippen LogP) is 4.01. The van der Waals surface area contributed by atoms with E-state index in [9.17, 15) is 18.0 Å². The van der Waals surface area contributed by atoms with Gasteiger partial charge in [-0.3, -0.25) is 4.79 Å². The number of ether oxygens (including phenoxy) is 1. The normalized spacial score (nSPS) is 11.3. The van der Waals surface area contributed by atoms with Crippen LogP contribution in [0.25, 0.3) is 11.1 Å². The van der Waals surface area contributed by atoms with Crippen molar-refractivity contribution in [1.82, 2.24) is 0 Å². The molecule has 0 saturated heterocycles. The van der Waals surface area contributed by atoms with Gasteiger partial charge in [0.05, 0.1) is 19.1 Å². The molecule has 0 radical (unpaired) electrons. The fourth-order valence-corrected chi connectivity index (χ4v) is 2.04. The van der Waals surface area contributed by atoms with Crippen molar-refractivity contribution in [1.29, 1.82) is 0 Å². The number of carboxylic acid groups (broad SMARTS) is 1. The Hall–Kier alpha value is -2.50. The Kier molecular flexibility index (Phi) is 4.40. The summed E-state index contributed by atoms with van der Waals surface area (Å²) >= 11 is 0. The van der Waals surface area contributed by atoms with Crippen molar-refractivity contribution < 1.29 is 27.8 Å². The van der Waals surface area contributed by atoms with Gasteiger partial charge in [-0.25, -0.2) is 0 Å². The molecule has 0 heterocycles. The first-order chi connectivity index (χ1) is 10.3. The second kappa shape index (κ2) is 6.09.